The zero-order chi connectivity index (χ0) is 20.9. The average Bonchev–Trinajstić information content (AvgIpc) is 3.58. The van der Waals surface area contributed by atoms with Gasteiger partial charge in [-0.05, 0) is 39.8 Å². The third kappa shape index (κ3) is 2.86. The summed E-state index contributed by atoms with van der Waals surface area (Å²) in [5.74, 6) is 2.02. The number of rotatable bonds is 4. The van der Waals surface area contributed by atoms with E-state index < -0.39 is 0 Å². The van der Waals surface area contributed by atoms with Gasteiger partial charge in [0.1, 0.15) is 11.6 Å². The van der Waals surface area contributed by atoms with Crippen LogP contribution in [0.25, 0.3) is 54.1 Å². The number of H-pyrrole nitrogens is 2. The molecule has 0 amide bonds. The molecule has 0 aliphatic rings. The van der Waals surface area contributed by atoms with Gasteiger partial charge in [-0.15, -0.1) is 0 Å². The van der Waals surface area contributed by atoms with E-state index >= 15 is 0 Å². The summed E-state index contributed by atoms with van der Waals surface area (Å²) in [6.07, 6.45) is 7.64. The second-order valence-electron chi connectivity index (χ2n) is 7.78. The SMILES string of the molecule is CCc1ncc(-c2ccc3c(c2)c2cnsc2c2cc(-c4cnc(CC)[nH]4)ccc32)[nH]1. The molecule has 0 spiro atoms. The molecule has 0 fully saturated rings. The molecule has 3 aromatic heterocycles. The van der Waals surface area contributed by atoms with Crippen LogP contribution in [0.4, 0.5) is 0 Å². The average molecular weight is 424 g/mol. The predicted molar refractivity (Wildman–Crippen MR) is 129 cm³/mol. The zero-order valence-electron chi connectivity index (χ0n) is 17.4. The molecule has 31 heavy (non-hydrogen) atoms. The second-order valence-corrected chi connectivity index (χ2v) is 8.59. The molecule has 0 saturated carbocycles. The number of nitrogens with zero attached hydrogens (tertiary/aromatic N) is 3. The first-order valence-electron chi connectivity index (χ1n) is 10.6. The van der Waals surface area contributed by atoms with Crippen LogP contribution in [0, 0.1) is 0 Å². The van der Waals surface area contributed by atoms with Crippen molar-refractivity contribution in [3.63, 3.8) is 0 Å². The van der Waals surface area contributed by atoms with E-state index in [0.717, 1.165) is 47.0 Å². The van der Waals surface area contributed by atoms with Crippen LogP contribution in [0.3, 0.4) is 0 Å². The van der Waals surface area contributed by atoms with E-state index in [1.54, 1.807) is 11.5 Å². The molecular weight excluding hydrogens is 402 g/mol. The summed E-state index contributed by atoms with van der Waals surface area (Å²) in [5, 5.41) is 6.14. The first-order chi connectivity index (χ1) is 15.2. The first-order valence-corrected chi connectivity index (χ1v) is 11.3. The molecule has 0 radical (unpaired) electrons. The maximum absolute atomic E-state index is 4.54. The van der Waals surface area contributed by atoms with Gasteiger partial charge >= 0.3 is 0 Å². The van der Waals surface area contributed by atoms with Gasteiger partial charge in [-0.2, -0.15) is 4.37 Å². The van der Waals surface area contributed by atoms with E-state index in [0.29, 0.717) is 0 Å². The molecule has 0 aliphatic heterocycles. The van der Waals surface area contributed by atoms with E-state index in [2.05, 4.69) is 74.6 Å². The van der Waals surface area contributed by atoms with Crippen LogP contribution in [0.1, 0.15) is 25.5 Å². The lowest BCUT2D eigenvalue weighted by atomic mass is 9.95. The van der Waals surface area contributed by atoms with Crippen molar-refractivity contribution in [3.05, 3.63) is 66.6 Å². The van der Waals surface area contributed by atoms with Crippen LogP contribution in [-0.2, 0) is 12.8 Å². The lowest BCUT2D eigenvalue weighted by Crippen LogP contribution is -1.86. The van der Waals surface area contributed by atoms with Crippen LogP contribution in [0.2, 0.25) is 0 Å². The summed E-state index contributed by atoms with van der Waals surface area (Å²) in [6, 6.07) is 13.3. The Hall–Kier alpha value is -3.51. The van der Waals surface area contributed by atoms with Crippen molar-refractivity contribution in [2.75, 3.05) is 0 Å². The monoisotopic (exact) mass is 423 g/mol. The van der Waals surface area contributed by atoms with Crippen molar-refractivity contribution < 1.29 is 0 Å². The van der Waals surface area contributed by atoms with Crippen molar-refractivity contribution in [2.45, 2.75) is 26.7 Å². The lowest BCUT2D eigenvalue weighted by molar-refractivity contribution is 0.990. The number of aromatic nitrogens is 5. The maximum Gasteiger partial charge on any atom is 0.106 e. The van der Waals surface area contributed by atoms with Gasteiger partial charge in [0.15, 0.2) is 0 Å². The van der Waals surface area contributed by atoms with E-state index in [1.165, 1.54) is 31.6 Å². The van der Waals surface area contributed by atoms with E-state index in [9.17, 15) is 0 Å². The van der Waals surface area contributed by atoms with Gasteiger partial charge in [0.05, 0.1) is 28.5 Å². The van der Waals surface area contributed by atoms with Crippen molar-refractivity contribution >= 4 is 43.2 Å². The number of aryl methyl sites for hydroxylation is 2. The molecule has 3 heterocycles. The molecule has 3 aromatic carbocycles. The minimum Gasteiger partial charge on any atom is -0.342 e. The molecule has 5 nitrogen and oxygen atoms in total. The lowest BCUT2D eigenvalue weighted by Gasteiger charge is -2.10. The molecule has 0 aliphatic carbocycles. The Morgan fingerprint density at radius 3 is 1.84 bits per heavy atom. The molecule has 152 valence electrons. The highest BCUT2D eigenvalue weighted by molar-refractivity contribution is 7.14. The van der Waals surface area contributed by atoms with Crippen molar-refractivity contribution in [3.8, 4) is 22.5 Å². The Balaban J connectivity index is 1.59. The van der Waals surface area contributed by atoms with Crippen LogP contribution >= 0.6 is 11.5 Å². The Kier molecular flexibility index (Phi) is 4.14. The molecule has 6 rings (SSSR count). The molecule has 2 N–H and O–H groups in total. The highest BCUT2D eigenvalue weighted by Crippen LogP contribution is 2.39. The van der Waals surface area contributed by atoms with Gasteiger partial charge in [-0.3, -0.25) is 0 Å². The summed E-state index contributed by atoms with van der Waals surface area (Å²) in [5.41, 5.74) is 4.40. The Labute approximate surface area is 183 Å². The normalized spacial score (nSPS) is 11.8. The van der Waals surface area contributed by atoms with Crippen molar-refractivity contribution in [1.29, 1.82) is 0 Å². The summed E-state index contributed by atoms with van der Waals surface area (Å²) in [4.78, 5) is 15.8. The van der Waals surface area contributed by atoms with Gasteiger partial charge in [0.2, 0.25) is 0 Å². The first kappa shape index (κ1) is 18.3. The summed E-state index contributed by atoms with van der Waals surface area (Å²) in [6.45, 7) is 4.22. The highest BCUT2D eigenvalue weighted by Gasteiger charge is 2.14. The van der Waals surface area contributed by atoms with Crippen LogP contribution in [0.15, 0.2) is 55.0 Å². The second kappa shape index (κ2) is 7.03. The summed E-state index contributed by atoms with van der Waals surface area (Å²) < 4.78 is 5.76. The van der Waals surface area contributed by atoms with E-state index in [-0.39, 0.29) is 0 Å². The predicted octanol–water partition coefficient (Wildman–Crippen LogP) is 6.51. The molecule has 0 atom stereocenters. The Bertz CT molecular complexity index is 1450. The maximum atomic E-state index is 4.54. The third-order valence-electron chi connectivity index (χ3n) is 5.98. The number of hydrogen-bond donors (Lipinski definition) is 2. The van der Waals surface area contributed by atoms with E-state index in [1.807, 2.05) is 18.6 Å². The van der Waals surface area contributed by atoms with Crippen molar-refractivity contribution in [1.82, 2.24) is 24.3 Å². The Morgan fingerprint density at radius 1 is 0.677 bits per heavy atom. The van der Waals surface area contributed by atoms with Gasteiger partial charge in [0, 0.05) is 40.9 Å². The molecule has 0 unspecified atom stereocenters. The van der Waals surface area contributed by atoms with Gasteiger partial charge in [-0.25, -0.2) is 9.97 Å². The fraction of sp³-hybridized carbons (Fsp3) is 0.160. The largest absolute Gasteiger partial charge is 0.342 e. The molecule has 6 aromatic rings. The topological polar surface area (TPSA) is 70.2 Å². The van der Waals surface area contributed by atoms with Gasteiger partial charge in [-0.1, -0.05) is 38.1 Å². The van der Waals surface area contributed by atoms with Gasteiger partial charge in [0.25, 0.3) is 0 Å². The number of nitrogens with one attached hydrogen (secondary N) is 2. The van der Waals surface area contributed by atoms with Crippen LogP contribution in [0.5, 0.6) is 0 Å². The minimum absolute atomic E-state index is 0.898. The summed E-state index contributed by atoms with van der Waals surface area (Å²) >= 11 is 1.56. The smallest absolute Gasteiger partial charge is 0.106 e. The zero-order valence-corrected chi connectivity index (χ0v) is 18.2. The van der Waals surface area contributed by atoms with Crippen LogP contribution in [-0.4, -0.2) is 24.3 Å². The van der Waals surface area contributed by atoms with Gasteiger partial charge < -0.3 is 9.97 Å². The number of hydrogen-bond acceptors (Lipinski definition) is 4. The fourth-order valence-electron chi connectivity index (χ4n) is 4.31. The molecule has 0 saturated heterocycles. The number of aromatic amines is 2. The van der Waals surface area contributed by atoms with E-state index in [4.69, 9.17) is 0 Å². The quantitative estimate of drug-likeness (QED) is 0.318. The standard InChI is InChI=1S/C25H21N5S/c1-3-23-26-12-21(29-23)14-5-7-16-17-8-6-15(22-13-27-24(4-2)30-22)10-19(17)25-20(11-28-31-25)18(16)9-14/h5-13H,3-4H2,1-2H3,(H,26,29)(H,27,30). The minimum atomic E-state index is 0.898. The highest BCUT2D eigenvalue weighted by atomic mass is 32.1. The third-order valence-corrected chi connectivity index (χ3v) is 6.82. The summed E-state index contributed by atoms with van der Waals surface area (Å²) in [7, 11) is 0. The number of benzene rings is 3. The van der Waals surface area contributed by atoms with Crippen LogP contribution < -0.4 is 0 Å². The Morgan fingerprint density at radius 2 is 1.26 bits per heavy atom. The molecule has 6 heteroatoms. The fourth-order valence-corrected chi connectivity index (χ4v) is 5.10. The molecule has 0 bridgehead atoms. The number of imidazole rings is 2. The number of fused-ring (bicyclic) bond motifs is 6. The van der Waals surface area contributed by atoms with Crippen molar-refractivity contribution in [2.24, 2.45) is 0 Å². The molecular formula is C25H21N5S.